The number of rotatable bonds is 4. The number of para-hydroxylation sites is 1. The summed E-state index contributed by atoms with van der Waals surface area (Å²) in [5, 5.41) is 3.74. The molecule has 0 unspecified atom stereocenters. The lowest BCUT2D eigenvalue weighted by Crippen LogP contribution is -2.28. The van der Waals surface area contributed by atoms with Crippen molar-refractivity contribution < 1.29 is 9.59 Å². The highest BCUT2D eigenvalue weighted by molar-refractivity contribution is 7.17. The van der Waals surface area contributed by atoms with Gasteiger partial charge in [-0.15, -0.1) is 11.3 Å². The average molecular weight is 440 g/mol. The second-order valence-corrected chi connectivity index (χ2v) is 8.67. The summed E-state index contributed by atoms with van der Waals surface area (Å²) >= 11 is 1.37. The van der Waals surface area contributed by atoms with Gasteiger partial charge in [-0.25, -0.2) is 4.98 Å². The number of anilines is 2. The van der Waals surface area contributed by atoms with Crippen LogP contribution in [-0.4, -0.2) is 23.3 Å². The lowest BCUT2D eigenvalue weighted by molar-refractivity contribution is 0.0988. The zero-order valence-electron chi connectivity index (χ0n) is 17.5. The number of hydrogen-bond acceptors (Lipinski definition) is 4. The van der Waals surface area contributed by atoms with Gasteiger partial charge in [0.15, 0.2) is 0 Å². The van der Waals surface area contributed by atoms with E-state index >= 15 is 0 Å². The molecule has 0 radical (unpaired) electrons. The minimum Gasteiger partial charge on any atom is -0.321 e. The third-order valence-corrected chi connectivity index (χ3v) is 6.75. The number of nitrogens with one attached hydrogen (secondary N) is 1. The first-order valence-corrected chi connectivity index (χ1v) is 11.3. The van der Waals surface area contributed by atoms with Crippen molar-refractivity contribution in [2.45, 2.75) is 13.3 Å². The summed E-state index contributed by atoms with van der Waals surface area (Å²) < 4.78 is 0. The summed E-state index contributed by atoms with van der Waals surface area (Å²) in [4.78, 5) is 32.8. The number of carbonyl (C=O) groups is 2. The van der Waals surface area contributed by atoms with Gasteiger partial charge in [0.2, 0.25) is 0 Å². The molecule has 4 aromatic rings. The highest BCUT2D eigenvalue weighted by Gasteiger charge is 2.25. The molecular weight excluding hydrogens is 418 g/mol. The van der Waals surface area contributed by atoms with E-state index in [1.54, 1.807) is 24.3 Å². The quantitative estimate of drug-likeness (QED) is 0.452. The molecule has 5 nitrogen and oxygen atoms in total. The number of benzene rings is 3. The molecule has 0 fully saturated rings. The normalized spacial score (nSPS) is 12.5. The van der Waals surface area contributed by atoms with E-state index in [2.05, 4.69) is 16.4 Å². The molecule has 1 aliphatic rings. The monoisotopic (exact) mass is 439 g/mol. The van der Waals surface area contributed by atoms with Crippen LogP contribution in [0.25, 0.3) is 10.6 Å². The number of amides is 2. The topological polar surface area (TPSA) is 62.3 Å². The van der Waals surface area contributed by atoms with E-state index in [-0.39, 0.29) is 11.8 Å². The molecule has 1 N–H and O–H groups in total. The third-order valence-electron chi connectivity index (χ3n) is 5.55. The van der Waals surface area contributed by atoms with E-state index in [9.17, 15) is 9.59 Å². The van der Waals surface area contributed by atoms with Crippen molar-refractivity contribution in [3.05, 3.63) is 101 Å². The number of thiazole rings is 1. The van der Waals surface area contributed by atoms with Gasteiger partial charge < -0.3 is 10.2 Å². The van der Waals surface area contributed by atoms with Crippen LogP contribution in [0.3, 0.4) is 0 Å². The van der Waals surface area contributed by atoms with E-state index in [0.717, 1.165) is 22.7 Å². The minimum atomic E-state index is -0.199. The number of hydrogen-bond donors (Lipinski definition) is 1. The average Bonchev–Trinajstić information content (AvgIpc) is 3.43. The third kappa shape index (κ3) is 3.81. The summed E-state index contributed by atoms with van der Waals surface area (Å²) in [7, 11) is 0. The molecule has 158 valence electrons. The highest BCUT2D eigenvalue weighted by atomic mass is 32.1. The van der Waals surface area contributed by atoms with Crippen LogP contribution >= 0.6 is 11.3 Å². The summed E-state index contributed by atoms with van der Waals surface area (Å²) in [5.74, 6) is -0.228. The van der Waals surface area contributed by atoms with E-state index in [0.29, 0.717) is 28.4 Å². The molecule has 2 amide bonds. The maximum absolute atomic E-state index is 13.0. The lowest BCUT2D eigenvalue weighted by atomic mass is 10.1. The molecule has 2 heterocycles. The van der Waals surface area contributed by atoms with Crippen molar-refractivity contribution in [3.8, 4) is 10.6 Å². The van der Waals surface area contributed by atoms with Gasteiger partial charge in [-0.2, -0.15) is 0 Å². The fraction of sp³-hybridized carbons (Fsp3) is 0.115. The van der Waals surface area contributed by atoms with Crippen molar-refractivity contribution in [3.63, 3.8) is 0 Å². The van der Waals surface area contributed by atoms with Crippen LogP contribution in [-0.2, 0) is 6.42 Å². The van der Waals surface area contributed by atoms with Gasteiger partial charge in [0.05, 0.1) is 5.69 Å². The largest absolute Gasteiger partial charge is 0.321 e. The van der Waals surface area contributed by atoms with Gasteiger partial charge in [0.1, 0.15) is 9.88 Å². The first-order chi connectivity index (χ1) is 15.6. The predicted molar refractivity (Wildman–Crippen MR) is 129 cm³/mol. The molecule has 0 saturated heterocycles. The first kappa shape index (κ1) is 20.2. The molecule has 32 heavy (non-hydrogen) atoms. The van der Waals surface area contributed by atoms with Gasteiger partial charge in [0.25, 0.3) is 11.8 Å². The molecule has 0 spiro atoms. The second-order valence-electron chi connectivity index (χ2n) is 7.67. The molecule has 1 aromatic heterocycles. The minimum absolute atomic E-state index is 0.0290. The Morgan fingerprint density at radius 3 is 2.44 bits per heavy atom. The Balaban J connectivity index is 1.30. The molecule has 1 aliphatic heterocycles. The lowest BCUT2D eigenvalue weighted by Gasteiger charge is -2.17. The Morgan fingerprint density at radius 2 is 1.66 bits per heavy atom. The van der Waals surface area contributed by atoms with Crippen molar-refractivity contribution in [2.24, 2.45) is 0 Å². The SMILES string of the molecule is Cc1nc(-c2ccccc2)sc1C(=O)Nc1ccc(C(=O)N2CCc3ccccc32)cc1. The van der Waals surface area contributed by atoms with Crippen LogP contribution in [0.1, 0.15) is 31.3 Å². The standard InChI is InChI=1S/C26H21N3O2S/c1-17-23(32-25(27-17)19-8-3-2-4-9-19)24(30)28-21-13-11-20(12-14-21)26(31)29-16-15-18-7-5-6-10-22(18)29/h2-14H,15-16H2,1H3,(H,28,30). The Hall–Kier alpha value is -3.77. The Bertz CT molecular complexity index is 1300. The molecule has 0 aliphatic carbocycles. The van der Waals surface area contributed by atoms with E-state index in [1.807, 2.05) is 60.4 Å². The molecule has 0 bridgehead atoms. The molecule has 0 saturated carbocycles. The van der Waals surface area contributed by atoms with Crippen LogP contribution in [0.5, 0.6) is 0 Å². The van der Waals surface area contributed by atoms with Crippen molar-refractivity contribution in [1.82, 2.24) is 4.98 Å². The zero-order valence-corrected chi connectivity index (χ0v) is 18.4. The van der Waals surface area contributed by atoms with Gasteiger partial charge in [-0.05, 0) is 49.2 Å². The molecule has 5 rings (SSSR count). The number of aryl methyl sites for hydroxylation is 1. The number of fused-ring (bicyclic) bond motifs is 1. The summed E-state index contributed by atoms with van der Waals surface area (Å²) in [6.07, 6.45) is 0.870. The zero-order chi connectivity index (χ0) is 22.1. The highest BCUT2D eigenvalue weighted by Crippen LogP contribution is 2.30. The maximum Gasteiger partial charge on any atom is 0.267 e. The van der Waals surface area contributed by atoms with E-state index < -0.39 is 0 Å². The van der Waals surface area contributed by atoms with Gasteiger partial charge in [-0.3, -0.25) is 9.59 Å². The van der Waals surface area contributed by atoms with Gasteiger partial charge >= 0.3 is 0 Å². The summed E-state index contributed by atoms with van der Waals surface area (Å²) in [6.45, 7) is 2.53. The van der Waals surface area contributed by atoms with E-state index in [4.69, 9.17) is 0 Å². The van der Waals surface area contributed by atoms with Crippen LogP contribution in [0.2, 0.25) is 0 Å². The Labute approximate surface area is 190 Å². The second kappa shape index (κ2) is 8.40. The summed E-state index contributed by atoms with van der Waals surface area (Å²) in [5.41, 5.74) is 5.10. The molecule has 6 heteroatoms. The fourth-order valence-electron chi connectivity index (χ4n) is 3.90. The fourth-order valence-corrected chi connectivity index (χ4v) is 4.87. The Morgan fingerprint density at radius 1 is 0.938 bits per heavy atom. The number of carbonyl (C=O) groups excluding carboxylic acids is 2. The predicted octanol–water partition coefficient (Wildman–Crippen LogP) is 5.57. The van der Waals surface area contributed by atoms with Crippen molar-refractivity contribution >= 4 is 34.5 Å². The molecule has 0 atom stereocenters. The van der Waals surface area contributed by atoms with Crippen LogP contribution in [0.4, 0.5) is 11.4 Å². The Kier molecular flexibility index (Phi) is 5.29. The van der Waals surface area contributed by atoms with Crippen molar-refractivity contribution in [2.75, 3.05) is 16.8 Å². The maximum atomic E-state index is 13.0. The smallest absolute Gasteiger partial charge is 0.267 e. The molecular formula is C26H21N3O2S. The number of aromatic nitrogens is 1. The number of nitrogens with zero attached hydrogens (tertiary/aromatic N) is 2. The van der Waals surface area contributed by atoms with Crippen LogP contribution in [0, 0.1) is 6.92 Å². The van der Waals surface area contributed by atoms with Gasteiger partial charge in [-0.1, -0.05) is 48.5 Å². The van der Waals surface area contributed by atoms with E-state index in [1.165, 1.54) is 16.9 Å². The summed E-state index contributed by atoms with van der Waals surface area (Å²) in [6, 6.07) is 24.9. The van der Waals surface area contributed by atoms with Gasteiger partial charge in [0, 0.05) is 29.0 Å². The van der Waals surface area contributed by atoms with Crippen molar-refractivity contribution in [1.29, 1.82) is 0 Å². The van der Waals surface area contributed by atoms with Crippen LogP contribution in [0.15, 0.2) is 78.9 Å². The molecule has 3 aromatic carbocycles. The van der Waals surface area contributed by atoms with Crippen LogP contribution < -0.4 is 10.2 Å². The first-order valence-electron chi connectivity index (χ1n) is 10.4.